The number of hydrogen-bond acceptors (Lipinski definition) is 6. The Hall–Kier alpha value is -4.37. The van der Waals surface area contributed by atoms with E-state index in [1.165, 1.54) is 29.8 Å². The normalized spacial score (nSPS) is 11.9. The van der Waals surface area contributed by atoms with Gasteiger partial charge in [-0.2, -0.15) is 0 Å². The number of non-ortho nitro benzene ring substituents is 1. The number of aromatic nitrogens is 1. The zero-order valence-electron chi connectivity index (χ0n) is 19.7. The molecule has 0 radical (unpaired) electrons. The highest BCUT2D eigenvalue weighted by Gasteiger charge is 2.12. The van der Waals surface area contributed by atoms with Crippen LogP contribution in [0.4, 0.5) is 11.4 Å². The van der Waals surface area contributed by atoms with E-state index in [2.05, 4.69) is 41.6 Å². The Morgan fingerprint density at radius 3 is 2.75 bits per heavy atom. The number of rotatable bonds is 7. The molecule has 9 heteroatoms. The maximum Gasteiger partial charge on any atom is 0.270 e. The lowest BCUT2D eigenvalue weighted by atomic mass is 9.98. The fourth-order valence-electron chi connectivity index (χ4n) is 3.57. The molecular weight excluding hydrogens is 476 g/mol. The molecule has 0 fully saturated rings. The summed E-state index contributed by atoms with van der Waals surface area (Å²) in [6, 6.07) is 19.4. The van der Waals surface area contributed by atoms with Crippen molar-refractivity contribution >= 4 is 51.8 Å². The van der Waals surface area contributed by atoms with Crippen LogP contribution in [0.5, 0.6) is 0 Å². The highest BCUT2D eigenvalue weighted by atomic mass is 32.1. The van der Waals surface area contributed by atoms with Crippen LogP contribution in [0.3, 0.4) is 0 Å². The molecule has 0 saturated carbocycles. The smallest absolute Gasteiger partial charge is 0.270 e. The van der Waals surface area contributed by atoms with Gasteiger partial charge in [0.15, 0.2) is 10.7 Å². The number of benzene rings is 3. The summed E-state index contributed by atoms with van der Waals surface area (Å²) < 4.78 is 5.95. The number of amides is 1. The van der Waals surface area contributed by atoms with E-state index in [-0.39, 0.29) is 10.8 Å². The second-order valence-electron chi connectivity index (χ2n) is 8.27. The van der Waals surface area contributed by atoms with E-state index >= 15 is 0 Å². The summed E-state index contributed by atoms with van der Waals surface area (Å²) in [4.78, 5) is 27.3. The molecule has 182 valence electrons. The van der Waals surface area contributed by atoms with Crippen molar-refractivity contribution in [1.29, 1.82) is 0 Å². The number of fused-ring (bicyclic) bond motifs is 1. The molecule has 0 bridgehead atoms. The van der Waals surface area contributed by atoms with Crippen LogP contribution in [0.2, 0.25) is 0 Å². The predicted octanol–water partition coefficient (Wildman–Crippen LogP) is 6.44. The Balaban J connectivity index is 1.41. The first kappa shape index (κ1) is 24.7. The Morgan fingerprint density at radius 1 is 1.17 bits per heavy atom. The largest absolute Gasteiger partial charge is 0.436 e. The zero-order valence-corrected chi connectivity index (χ0v) is 20.5. The third-order valence-corrected chi connectivity index (χ3v) is 5.91. The molecule has 4 rings (SSSR count). The van der Waals surface area contributed by atoms with Gasteiger partial charge in [0.1, 0.15) is 5.52 Å². The van der Waals surface area contributed by atoms with E-state index in [0.717, 1.165) is 17.5 Å². The summed E-state index contributed by atoms with van der Waals surface area (Å²) in [5.41, 5.74) is 4.64. The Bertz CT molecular complexity index is 1480. The SMILES string of the molecule is CC[C@H](C)c1ccc2oc(-c3cccc(NC(=S)NC(=O)/C=C/c4cccc([N+](=O)[O-])c4)c3)nc2c1. The molecule has 0 spiro atoms. The Labute approximate surface area is 213 Å². The van der Waals surface area contributed by atoms with Crippen molar-refractivity contribution < 1.29 is 14.1 Å². The number of nitro groups is 1. The number of nitrogens with one attached hydrogen (secondary N) is 2. The third-order valence-electron chi connectivity index (χ3n) is 5.71. The van der Waals surface area contributed by atoms with Gasteiger partial charge < -0.3 is 9.73 Å². The molecule has 1 heterocycles. The van der Waals surface area contributed by atoms with Crippen molar-refractivity contribution in [3.8, 4) is 11.5 Å². The number of carbonyl (C=O) groups is 1. The average Bonchev–Trinajstić information content (AvgIpc) is 3.31. The lowest BCUT2D eigenvalue weighted by molar-refractivity contribution is -0.384. The third kappa shape index (κ3) is 6.00. The van der Waals surface area contributed by atoms with Crippen molar-refractivity contribution in [3.05, 3.63) is 94.0 Å². The van der Waals surface area contributed by atoms with Gasteiger partial charge in [-0.25, -0.2) is 4.98 Å². The molecule has 0 aliphatic heterocycles. The molecule has 36 heavy (non-hydrogen) atoms. The fourth-order valence-corrected chi connectivity index (χ4v) is 3.79. The van der Waals surface area contributed by atoms with Gasteiger partial charge in [0.05, 0.1) is 4.92 Å². The molecular formula is C27H24N4O4S. The zero-order chi connectivity index (χ0) is 25.7. The fraction of sp³-hybridized carbons (Fsp3) is 0.148. The number of carbonyl (C=O) groups excluding carboxylic acids is 1. The number of anilines is 1. The van der Waals surface area contributed by atoms with Crippen LogP contribution in [-0.2, 0) is 4.79 Å². The Morgan fingerprint density at radius 2 is 1.97 bits per heavy atom. The second-order valence-corrected chi connectivity index (χ2v) is 8.67. The summed E-state index contributed by atoms with van der Waals surface area (Å²) >= 11 is 5.26. The van der Waals surface area contributed by atoms with Crippen LogP contribution in [-0.4, -0.2) is 20.9 Å². The summed E-state index contributed by atoms with van der Waals surface area (Å²) in [6.45, 7) is 4.34. The van der Waals surface area contributed by atoms with Crippen molar-refractivity contribution in [2.24, 2.45) is 0 Å². The summed E-state index contributed by atoms with van der Waals surface area (Å²) in [7, 11) is 0. The van der Waals surface area contributed by atoms with Gasteiger partial charge in [0.2, 0.25) is 11.8 Å². The molecule has 3 aromatic carbocycles. The first-order valence-corrected chi connectivity index (χ1v) is 11.8. The monoisotopic (exact) mass is 500 g/mol. The molecule has 0 aliphatic rings. The topological polar surface area (TPSA) is 110 Å². The first-order valence-electron chi connectivity index (χ1n) is 11.4. The standard InChI is InChI=1S/C27H24N4O4S/c1-3-17(2)19-11-12-24-23(16-19)29-26(35-24)20-7-5-8-21(15-20)28-27(36)30-25(32)13-10-18-6-4-9-22(14-18)31(33)34/h4-17H,3H2,1-2H3,(H2,28,30,32,36)/b13-10+/t17-/m0/s1. The van der Waals surface area contributed by atoms with E-state index in [0.29, 0.717) is 28.6 Å². The minimum Gasteiger partial charge on any atom is -0.436 e. The number of hydrogen-bond donors (Lipinski definition) is 2. The number of thiocarbonyl (C=S) groups is 1. The highest BCUT2D eigenvalue weighted by Crippen LogP contribution is 2.29. The van der Waals surface area contributed by atoms with Gasteiger partial charge in [-0.1, -0.05) is 38.1 Å². The van der Waals surface area contributed by atoms with Gasteiger partial charge in [-0.05, 0) is 72.1 Å². The summed E-state index contributed by atoms with van der Waals surface area (Å²) in [5.74, 6) is 0.468. The lowest BCUT2D eigenvalue weighted by Crippen LogP contribution is -2.32. The summed E-state index contributed by atoms with van der Waals surface area (Å²) in [5, 5.41) is 16.5. The lowest BCUT2D eigenvalue weighted by Gasteiger charge is -2.08. The maximum absolute atomic E-state index is 12.2. The van der Waals surface area contributed by atoms with E-state index in [1.54, 1.807) is 12.1 Å². The molecule has 0 aliphatic carbocycles. The number of nitro benzene ring substituents is 1. The van der Waals surface area contributed by atoms with Gasteiger partial charge in [0.25, 0.3) is 5.69 Å². The predicted molar refractivity (Wildman–Crippen MR) is 145 cm³/mol. The van der Waals surface area contributed by atoms with Crippen LogP contribution in [0.1, 0.15) is 37.3 Å². The van der Waals surface area contributed by atoms with Crippen LogP contribution < -0.4 is 10.6 Å². The van der Waals surface area contributed by atoms with Crippen LogP contribution in [0, 0.1) is 10.1 Å². The Kier molecular flexibility index (Phi) is 7.50. The number of oxazole rings is 1. The molecule has 8 nitrogen and oxygen atoms in total. The van der Waals surface area contributed by atoms with Gasteiger partial charge >= 0.3 is 0 Å². The van der Waals surface area contributed by atoms with Crippen molar-refractivity contribution in [3.63, 3.8) is 0 Å². The number of nitrogens with zero attached hydrogens (tertiary/aromatic N) is 2. The first-order chi connectivity index (χ1) is 17.3. The molecule has 1 aromatic heterocycles. The average molecular weight is 501 g/mol. The van der Waals surface area contributed by atoms with E-state index in [9.17, 15) is 14.9 Å². The molecule has 1 atom stereocenters. The van der Waals surface area contributed by atoms with E-state index in [4.69, 9.17) is 16.6 Å². The van der Waals surface area contributed by atoms with Crippen LogP contribution in [0.25, 0.3) is 28.6 Å². The minimum absolute atomic E-state index is 0.0514. The minimum atomic E-state index is -0.490. The molecule has 2 N–H and O–H groups in total. The van der Waals surface area contributed by atoms with E-state index in [1.807, 2.05) is 30.3 Å². The second kappa shape index (κ2) is 10.9. The van der Waals surface area contributed by atoms with Crippen molar-refractivity contribution in [2.45, 2.75) is 26.2 Å². The quantitative estimate of drug-likeness (QED) is 0.130. The van der Waals surface area contributed by atoms with Gasteiger partial charge in [-0.3, -0.25) is 20.2 Å². The molecule has 0 saturated heterocycles. The van der Waals surface area contributed by atoms with Crippen LogP contribution in [0.15, 0.2) is 77.2 Å². The highest BCUT2D eigenvalue weighted by molar-refractivity contribution is 7.80. The van der Waals surface area contributed by atoms with Gasteiger partial charge in [-0.15, -0.1) is 0 Å². The van der Waals surface area contributed by atoms with Gasteiger partial charge in [0, 0.05) is 29.5 Å². The summed E-state index contributed by atoms with van der Waals surface area (Å²) in [6.07, 6.45) is 3.78. The van der Waals surface area contributed by atoms with Crippen molar-refractivity contribution in [2.75, 3.05) is 5.32 Å². The molecule has 4 aromatic rings. The molecule has 0 unspecified atom stereocenters. The van der Waals surface area contributed by atoms with Crippen molar-refractivity contribution in [1.82, 2.24) is 10.3 Å². The molecule has 1 amide bonds. The van der Waals surface area contributed by atoms with Crippen LogP contribution >= 0.6 is 12.2 Å². The maximum atomic E-state index is 12.2. The van der Waals surface area contributed by atoms with E-state index < -0.39 is 10.8 Å².